The molecule has 5 heteroatoms. The number of ether oxygens (including phenoxy) is 1. The summed E-state index contributed by atoms with van der Waals surface area (Å²) in [4.78, 5) is 20.4. The average molecular weight is 162 g/mol. The lowest BCUT2D eigenvalue weighted by molar-refractivity contribution is -0.151. The first-order valence-electron chi connectivity index (χ1n) is 3.15. The maximum Gasteiger partial charge on any atom is 0.307 e. The molecule has 0 aliphatic heterocycles. The zero-order valence-corrected chi connectivity index (χ0v) is 5.95. The van der Waals surface area contributed by atoms with Gasteiger partial charge in [0, 0.05) is 12.8 Å². The number of hydrogen-bond acceptors (Lipinski definition) is 4. The Bertz CT molecular complexity index is 142. The molecule has 64 valence electrons. The highest BCUT2D eigenvalue weighted by Crippen LogP contribution is 1.96. The Hall–Kier alpha value is -1.10. The van der Waals surface area contributed by atoms with Crippen LogP contribution in [0.2, 0.25) is 0 Å². The Morgan fingerprint density at radius 1 is 1.27 bits per heavy atom. The maximum atomic E-state index is 10.4. The number of carboxylic acids is 1. The number of aliphatic hydroxyl groups excluding tert-OH is 1. The molecule has 0 aromatic rings. The van der Waals surface area contributed by atoms with Crippen molar-refractivity contribution in [1.29, 1.82) is 0 Å². The van der Waals surface area contributed by atoms with Gasteiger partial charge in [0.05, 0.1) is 0 Å². The third-order valence-corrected chi connectivity index (χ3v) is 0.997. The summed E-state index contributed by atoms with van der Waals surface area (Å²) in [6, 6.07) is 0. The van der Waals surface area contributed by atoms with Crippen molar-refractivity contribution >= 4 is 11.9 Å². The van der Waals surface area contributed by atoms with Crippen molar-refractivity contribution in [2.45, 2.75) is 19.3 Å². The van der Waals surface area contributed by atoms with E-state index in [-0.39, 0.29) is 19.3 Å². The Morgan fingerprint density at radius 2 is 1.91 bits per heavy atom. The Morgan fingerprint density at radius 3 is 2.36 bits per heavy atom. The molecule has 0 saturated heterocycles. The van der Waals surface area contributed by atoms with Gasteiger partial charge in [0.1, 0.15) is 0 Å². The molecule has 0 aromatic heterocycles. The van der Waals surface area contributed by atoms with Crippen molar-refractivity contribution in [3.8, 4) is 0 Å². The van der Waals surface area contributed by atoms with E-state index in [1.54, 1.807) is 0 Å². The molecule has 2 N–H and O–H groups in total. The molecule has 0 rings (SSSR count). The molecule has 0 amide bonds. The Kier molecular flexibility index (Phi) is 5.10. The van der Waals surface area contributed by atoms with E-state index >= 15 is 0 Å². The summed E-state index contributed by atoms with van der Waals surface area (Å²) in [5.74, 6) is -1.52. The second-order valence-electron chi connectivity index (χ2n) is 1.89. The molecule has 0 radical (unpaired) electrons. The summed E-state index contributed by atoms with van der Waals surface area (Å²) in [5, 5.41) is 16.2. The van der Waals surface area contributed by atoms with Gasteiger partial charge in [-0.25, -0.2) is 0 Å². The van der Waals surface area contributed by atoms with Crippen LogP contribution < -0.4 is 0 Å². The summed E-state index contributed by atoms with van der Waals surface area (Å²) < 4.78 is 4.15. The van der Waals surface area contributed by atoms with Crippen molar-refractivity contribution in [3.05, 3.63) is 0 Å². The van der Waals surface area contributed by atoms with E-state index in [9.17, 15) is 9.59 Å². The summed E-state index contributed by atoms with van der Waals surface area (Å²) in [5.41, 5.74) is 0. The topological polar surface area (TPSA) is 83.8 Å². The van der Waals surface area contributed by atoms with Gasteiger partial charge in [0.2, 0.25) is 0 Å². The van der Waals surface area contributed by atoms with E-state index in [0.717, 1.165) is 0 Å². The van der Waals surface area contributed by atoms with Crippen LogP contribution in [0.25, 0.3) is 0 Å². The first kappa shape index (κ1) is 9.90. The monoisotopic (exact) mass is 162 g/mol. The zero-order valence-electron chi connectivity index (χ0n) is 5.95. The van der Waals surface area contributed by atoms with Crippen LogP contribution in [-0.2, 0) is 14.3 Å². The second-order valence-corrected chi connectivity index (χ2v) is 1.89. The highest BCUT2D eigenvalue weighted by Gasteiger charge is 2.03. The van der Waals surface area contributed by atoms with Gasteiger partial charge < -0.3 is 14.9 Å². The number of carbonyl (C=O) groups is 2. The second kappa shape index (κ2) is 5.67. The minimum Gasteiger partial charge on any atom is -0.481 e. The van der Waals surface area contributed by atoms with E-state index in [1.165, 1.54) is 0 Å². The molecule has 0 spiro atoms. The maximum absolute atomic E-state index is 10.4. The van der Waals surface area contributed by atoms with Gasteiger partial charge in [-0.15, -0.1) is 0 Å². The number of esters is 1. The van der Waals surface area contributed by atoms with Crippen molar-refractivity contribution in [1.82, 2.24) is 0 Å². The van der Waals surface area contributed by atoms with Gasteiger partial charge in [-0.2, -0.15) is 0 Å². The van der Waals surface area contributed by atoms with Crippen LogP contribution in [-0.4, -0.2) is 28.9 Å². The minimum atomic E-state index is -0.943. The molecular weight excluding hydrogens is 152 g/mol. The number of aliphatic hydroxyl groups is 1. The van der Waals surface area contributed by atoms with Crippen LogP contribution in [0.1, 0.15) is 19.3 Å². The van der Waals surface area contributed by atoms with Crippen molar-refractivity contribution in [2.75, 3.05) is 6.79 Å². The Labute approximate surface area is 63.6 Å². The normalized spacial score (nSPS) is 9.18. The van der Waals surface area contributed by atoms with Gasteiger partial charge in [-0.1, -0.05) is 0 Å². The number of hydrogen-bond donors (Lipinski definition) is 2. The van der Waals surface area contributed by atoms with Crippen molar-refractivity contribution in [2.24, 2.45) is 0 Å². The van der Waals surface area contributed by atoms with Crippen LogP contribution in [0.4, 0.5) is 0 Å². The molecule has 0 unspecified atom stereocenters. The van der Waals surface area contributed by atoms with Crippen LogP contribution >= 0.6 is 0 Å². The van der Waals surface area contributed by atoms with Gasteiger partial charge in [0.25, 0.3) is 0 Å². The number of aliphatic carboxylic acids is 1. The fourth-order valence-corrected chi connectivity index (χ4v) is 0.528. The van der Waals surface area contributed by atoms with Crippen molar-refractivity contribution < 1.29 is 24.5 Å². The first-order chi connectivity index (χ1) is 5.16. The standard InChI is InChI=1S/C6H10O5/c7-4-11-6(10)3-1-2-5(8)9/h7H,1-4H2,(H,8,9). The predicted molar refractivity (Wildman–Crippen MR) is 34.7 cm³/mol. The first-order valence-corrected chi connectivity index (χ1v) is 3.15. The van der Waals surface area contributed by atoms with E-state index in [4.69, 9.17) is 10.2 Å². The third-order valence-electron chi connectivity index (χ3n) is 0.997. The molecule has 0 atom stereocenters. The summed E-state index contributed by atoms with van der Waals surface area (Å²) in [7, 11) is 0. The van der Waals surface area contributed by atoms with Crippen LogP contribution in [0.5, 0.6) is 0 Å². The van der Waals surface area contributed by atoms with Crippen LogP contribution in [0.15, 0.2) is 0 Å². The average Bonchev–Trinajstić information content (AvgIpc) is 1.87. The third kappa shape index (κ3) is 6.79. The summed E-state index contributed by atoms with van der Waals surface area (Å²) in [6.45, 7) is -0.647. The fraction of sp³-hybridized carbons (Fsp3) is 0.667. The van der Waals surface area contributed by atoms with E-state index in [0.29, 0.717) is 0 Å². The van der Waals surface area contributed by atoms with E-state index in [2.05, 4.69) is 4.74 Å². The quantitative estimate of drug-likeness (QED) is 0.429. The number of carbonyl (C=O) groups excluding carboxylic acids is 1. The molecular formula is C6H10O5. The smallest absolute Gasteiger partial charge is 0.307 e. The van der Waals surface area contributed by atoms with E-state index < -0.39 is 18.7 Å². The largest absolute Gasteiger partial charge is 0.481 e. The highest BCUT2D eigenvalue weighted by molar-refractivity contribution is 5.71. The van der Waals surface area contributed by atoms with Gasteiger partial charge >= 0.3 is 11.9 Å². The van der Waals surface area contributed by atoms with Crippen LogP contribution in [0, 0.1) is 0 Å². The number of rotatable bonds is 5. The molecule has 11 heavy (non-hydrogen) atoms. The van der Waals surface area contributed by atoms with Gasteiger partial charge in [-0.05, 0) is 6.42 Å². The van der Waals surface area contributed by atoms with Gasteiger partial charge in [0.15, 0.2) is 6.79 Å². The summed E-state index contributed by atoms with van der Waals surface area (Å²) >= 11 is 0. The number of carboxylic acid groups (broad SMARTS) is 1. The summed E-state index contributed by atoms with van der Waals surface area (Å²) in [6.07, 6.45) is 0.224. The lowest BCUT2D eigenvalue weighted by atomic mass is 10.2. The lowest BCUT2D eigenvalue weighted by Gasteiger charge is -1.97. The molecule has 0 saturated carbocycles. The van der Waals surface area contributed by atoms with Crippen LogP contribution in [0.3, 0.4) is 0 Å². The minimum absolute atomic E-state index is 0.0346. The molecule has 0 aliphatic rings. The molecule has 0 fully saturated rings. The molecule has 0 heterocycles. The molecule has 0 aromatic carbocycles. The highest BCUT2D eigenvalue weighted by atomic mass is 16.6. The molecule has 5 nitrogen and oxygen atoms in total. The van der Waals surface area contributed by atoms with E-state index in [1.807, 2.05) is 0 Å². The lowest BCUT2D eigenvalue weighted by Crippen LogP contribution is -2.06. The van der Waals surface area contributed by atoms with Gasteiger partial charge in [-0.3, -0.25) is 9.59 Å². The fourth-order valence-electron chi connectivity index (χ4n) is 0.528. The SMILES string of the molecule is O=C(O)CCCC(=O)OCO. The van der Waals surface area contributed by atoms with Crippen molar-refractivity contribution in [3.63, 3.8) is 0 Å². The predicted octanol–water partition coefficient (Wildman–Crippen LogP) is -0.266. The molecule has 0 bridgehead atoms. The molecule has 0 aliphatic carbocycles. The zero-order chi connectivity index (χ0) is 8.69. The Balaban J connectivity index is 3.24.